The first kappa shape index (κ1) is 22.9. The first-order valence-electron chi connectivity index (χ1n) is 11.7. The number of rotatable bonds is 6. The van der Waals surface area contributed by atoms with Crippen LogP contribution in [0.2, 0.25) is 0 Å². The van der Waals surface area contributed by atoms with Gasteiger partial charge in [-0.25, -0.2) is 15.0 Å². The molecule has 3 atom stereocenters. The number of pyridine rings is 1. The van der Waals surface area contributed by atoms with Crippen LogP contribution >= 0.6 is 11.3 Å². The number of carbonyl (C=O) groups is 1. The fourth-order valence-corrected chi connectivity index (χ4v) is 6.06. The summed E-state index contributed by atoms with van der Waals surface area (Å²) in [6.45, 7) is 4.48. The Bertz CT molecular complexity index is 1210. The Labute approximate surface area is 203 Å². The summed E-state index contributed by atoms with van der Waals surface area (Å²) < 4.78 is 5.40. The number of likely N-dealkylation sites (N-methyl/N-ethyl adjacent to an activating group) is 1. The summed E-state index contributed by atoms with van der Waals surface area (Å²) in [7, 11) is 3.76. The maximum atomic E-state index is 13.0. The largest absolute Gasteiger partial charge is 0.396 e. The number of carbonyl (C=O) groups excluding carboxylic acids is 1. The monoisotopic (exact) mass is 481 g/mol. The van der Waals surface area contributed by atoms with Gasteiger partial charge in [0.25, 0.3) is 5.91 Å². The molecule has 3 unspecified atom stereocenters. The van der Waals surface area contributed by atoms with Gasteiger partial charge in [0.05, 0.1) is 18.0 Å². The van der Waals surface area contributed by atoms with Crippen molar-refractivity contribution in [3.8, 4) is 0 Å². The highest BCUT2D eigenvalue weighted by atomic mass is 32.1. The Morgan fingerprint density at radius 2 is 2.18 bits per heavy atom. The van der Waals surface area contributed by atoms with Crippen LogP contribution in [0.25, 0.3) is 10.3 Å². The molecule has 10 heteroatoms. The van der Waals surface area contributed by atoms with Gasteiger partial charge in [0.1, 0.15) is 21.0 Å². The van der Waals surface area contributed by atoms with E-state index in [-0.39, 0.29) is 11.9 Å². The summed E-state index contributed by atoms with van der Waals surface area (Å²) in [6, 6.07) is 4.71. The highest BCUT2D eigenvalue weighted by Gasteiger charge is 2.33. The van der Waals surface area contributed by atoms with Gasteiger partial charge in [0, 0.05) is 50.1 Å². The second-order valence-electron chi connectivity index (χ2n) is 9.21. The summed E-state index contributed by atoms with van der Waals surface area (Å²) >= 11 is 1.30. The number of anilines is 2. The Kier molecular flexibility index (Phi) is 6.37. The van der Waals surface area contributed by atoms with Crippen LogP contribution in [-0.4, -0.2) is 66.8 Å². The van der Waals surface area contributed by atoms with E-state index >= 15 is 0 Å². The predicted molar refractivity (Wildman–Crippen MR) is 135 cm³/mol. The van der Waals surface area contributed by atoms with E-state index in [4.69, 9.17) is 15.5 Å². The standard InChI is InChI=1S/C24H31N7O2S/c1-13-9-27-21-20(25)22(34-24(21)28-13)23(32)29-16-5-6-17-14(8-16)4-7-19(30-17)31-10-15(12-33-3)18(11-31)26-2/h4,7,9,15-16,18,26H,5-6,8,10-12,25H2,1-3H3,(H,29,32). The van der Waals surface area contributed by atoms with Crippen LogP contribution in [0.4, 0.5) is 11.5 Å². The van der Waals surface area contributed by atoms with E-state index in [0.717, 1.165) is 56.2 Å². The van der Waals surface area contributed by atoms with Gasteiger partial charge in [-0.1, -0.05) is 6.07 Å². The van der Waals surface area contributed by atoms with Crippen molar-refractivity contribution in [3.63, 3.8) is 0 Å². The number of amides is 1. The molecule has 2 aliphatic rings. The lowest BCUT2D eigenvalue weighted by molar-refractivity contribution is 0.0938. The van der Waals surface area contributed by atoms with Crippen molar-refractivity contribution in [1.82, 2.24) is 25.6 Å². The molecule has 180 valence electrons. The topological polar surface area (TPSA) is 118 Å². The van der Waals surface area contributed by atoms with E-state index in [2.05, 4.69) is 37.6 Å². The van der Waals surface area contributed by atoms with Crippen LogP contribution < -0.4 is 21.3 Å². The van der Waals surface area contributed by atoms with Crippen LogP contribution in [0.5, 0.6) is 0 Å². The average Bonchev–Trinajstić information content (AvgIpc) is 3.39. The van der Waals surface area contributed by atoms with Gasteiger partial charge in [0.2, 0.25) is 0 Å². The third kappa shape index (κ3) is 4.33. The molecule has 34 heavy (non-hydrogen) atoms. The van der Waals surface area contributed by atoms with Crippen LogP contribution in [0.1, 0.15) is 33.0 Å². The van der Waals surface area contributed by atoms with Gasteiger partial charge >= 0.3 is 0 Å². The van der Waals surface area contributed by atoms with Gasteiger partial charge in [0.15, 0.2) is 0 Å². The molecule has 5 rings (SSSR count). The number of ether oxygens (including phenoxy) is 1. The van der Waals surface area contributed by atoms with Gasteiger partial charge in [-0.05, 0) is 44.9 Å². The van der Waals surface area contributed by atoms with Gasteiger partial charge in [-0.3, -0.25) is 4.79 Å². The molecule has 0 radical (unpaired) electrons. The minimum Gasteiger partial charge on any atom is -0.396 e. The number of aryl methyl sites for hydroxylation is 2. The van der Waals surface area contributed by atoms with Crippen molar-refractivity contribution in [3.05, 3.63) is 40.2 Å². The van der Waals surface area contributed by atoms with Crippen molar-refractivity contribution in [2.45, 2.75) is 38.3 Å². The second kappa shape index (κ2) is 9.44. The number of hydrogen-bond acceptors (Lipinski definition) is 9. The number of fused-ring (bicyclic) bond motifs is 2. The highest BCUT2D eigenvalue weighted by Crippen LogP contribution is 2.32. The summed E-state index contributed by atoms with van der Waals surface area (Å²) in [5.41, 5.74) is 10.4. The summed E-state index contributed by atoms with van der Waals surface area (Å²) in [4.78, 5) is 30.3. The molecule has 0 aromatic carbocycles. The number of nitrogens with zero attached hydrogens (tertiary/aromatic N) is 4. The minimum atomic E-state index is -0.155. The van der Waals surface area contributed by atoms with Gasteiger partial charge in [-0.15, -0.1) is 11.3 Å². The van der Waals surface area contributed by atoms with E-state index in [1.54, 1.807) is 13.3 Å². The van der Waals surface area contributed by atoms with Crippen molar-refractivity contribution in [2.75, 3.05) is 44.5 Å². The van der Waals surface area contributed by atoms with E-state index in [1.165, 1.54) is 16.9 Å². The van der Waals surface area contributed by atoms with Crippen molar-refractivity contribution in [2.24, 2.45) is 5.92 Å². The number of nitrogen functional groups attached to an aromatic ring is 1. The fraction of sp³-hybridized carbons (Fsp3) is 0.500. The van der Waals surface area contributed by atoms with Crippen molar-refractivity contribution >= 4 is 39.1 Å². The molecular weight excluding hydrogens is 450 g/mol. The number of hydrogen-bond donors (Lipinski definition) is 3. The normalized spacial score (nSPS) is 22.2. The summed E-state index contributed by atoms with van der Waals surface area (Å²) in [5.74, 6) is 1.31. The maximum Gasteiger partial charge on any atom is 0.263 e. The minimum absolute atomic E-state index is 0.0476. The zero-order chi connectivity index (χ0) is 23.8. The van der Waals surface area contributed by atoms with E-state index < -0.39 is 0 Å². The number of nitrogens with two attached hydrogens (primary N) is 1. The zero-order valence-electron chi connectivity index (χ0n) is 19.8. The summed E-state index contributed by atoms with van der Waals surface area (Å²) in [6.07, 6.45) is 4.12. The number of nitrogens with one attached hydrogen (secondary N) is 2. The molecule has 1 amide bonds. The third-order valence-corrected chi connectivity index (χ3v) is 7.95. The summed E-state index contributed by atoms with van der Waals surface area (Å²) in [5, 5.41) is 6.58. The van der Waals surface area contributed by atoms with E-state index in [1.807, 2.05) is 14.0 Å². The van der Waals surface area contributed by atoms with E-state index in [9.17, 15) is 4.79 Å². The lowest BCUT2D eigenvalue weighted by Gasteiger charge is -2.26. The third-order valence-electron chi connectivity index (χ3n) is 6.87. The number of aromatic nitrogens is 3. The molecule has 1 aliphatic carbocycles. The van der Waals surface area contributed by atoms with Gasteiger partial charge < -0.3 is 26.0 Å². The Balaban J connectivity index is 1.26. The number of methoxy groups -OCH3 is 1. The Hall–Kier alpha value is -2.82. The smallest absolute Gasteiger partial charge is 0.263 e. The molecule has 4 heterocycles. The average molecular weight is 482 g/mol. The Morgan fingerprint density at radius 3 is 2.97 bits per heavy atom. The number of thiophene rings is 1. The predicted octanol–water partition coefficient (Wildman–Crippen LogP) is 1.93. The quantitative estimate of drug-likeness (QED) is 0.489. The molecule has 3 aromatic heterocycles. The second-order valence-corrected chi connectivity index (χ2v) is 10.2. The van der Waals surface area contributed by atoms with Crippen molar-refractivity contribution in [1.29, 1.82) is 0 Å². The molecule has 1 saturated heterocycles. The van der Waals surface area contributed by atoms with Crippen LogP contribution in [0.3, 0.4) is 0 Å². The molecule has 0 saturated carbocycles. The molecule has 4 N–H and O–H groups in total. The molecule has 1 fully saturated rings. The molecular formula is C24H31N7O2S. The molecule has 9 nitrogen and oxygen atoms in total. The fourth-order valence-electron chi connectivity index (χ4n) is 5.06. The lowest BCUT2D eigenvalue weighted by atomic mass is 9.91. The molecule has 1 aliphatic heterocycles. The molecule has 0 bridgehead atoms. The first-order valence-corrected chi connectivity index (χ1v) is 12.5. The molecule has 0 spiro atoms. The van der Waals surface area contributed by atoms with Crippen molar-refractivity contribution < 1.29 is 9.53 Å². The first-order chi connectivity index (χ1) is 16.5. The van der Waals surface area contributed by atoms with Gasteiger partial charge in [-0.2, -0.15) is 0 Å². The van der Waals surface area contributed by atoms with Crippen LogP contribution in [0.15, 0.2) is 18.3 Å². The molecule has 3 aromatic rings. The van der Waals surface area contributed by atoms with E-state index in [0.29, 0.717) is 32.9 Å². The highest BCUT2D eigenvalue weighted by molar-refractivity contribution is 7.21. The SMILES string of the molecule is CNC1CN(c2ccc3c(n2)CCC(NC(=O)c2sc4nc(C)cnc4c2N)C3)CC1COC. The lowest BCUT2D eigenvalue weighted by Crippen LogP contribution is -2.39. The van der Waals surface area contributed by atoms with Crippen LogP contribution in [-0.2, 0) is 17.6 Å². The maximum absolute atomic E-state index is 13.0. The van der Waals surface area contributed by atoms with Crippen LogP contribution in [0, 0.1) is 12.8 Å². The zero-order valence-corrected chi connectivity index (χ0v) is 20.6. The Morgan fingerprint density at radius 1 is 1.32 bits per heavy atom.